The zero-order valence-electron chi connectivity index (χ0n) is 10.3. The maximum atomic E-state index is 12.5. The molecule has 1 heterocycles. The standard InChI is InChI=1S/C10H13Br2NO4S2/c1-6(2)4-13(5-9(14)15)19(16,17)7-3-8(11)18-10(7)12/h3,6H,4-5H2,1-2H3,(H,14,15). The summed E-state index contributed by atoms with van der Waals surface area (Å²) in [4.78, 5) is 10.9. The molecule has 0 radical (unpaired) electrons. The summed E-state index contributed by atoms with van der Waals surface area (Å²) in [5.41, 5.74) is 0. The highest BCUT2D eigenvalue weighted by Crippen LogP contribution is 2.36. The van der Waals surface area contributed by atoms with Crippen molar-refractivity contribution in [3.63, 3.8) is 0 Å². The molecule has 0 aliphatic carbocycles. The summed E-state index contributed by atoms with van der Waals surface area (Å²) in [5, 5.41) is 8.86. The largest absolute Gasteiger partial charge is 0.480 e. The molecular formula is C10H13Br2NO4S2. The van der Waals surface area contributed by atoms with Gasteiger partial charge in [0, 0.05) is 6.54 Å². The maximum Gasteiger partial charge on any atom is 0.318 e. The van der Waals surface area contributed by atoms with E-state index >= 15 is 0 Å². The van der Waals surface area contributed by atoms with Crippen LogP contribution >= 0.6 is 43.2 Å². The Kier molecular flexibility index (Phi) is 5.99. The molecule has 5 nitrogen and oxygen atoms in total. The van der Waals surface area contributed by atoms with Gasteiger partial charge >= 0.3 is 5.97 Å². The van der Waals surface area contributed by atoms with Gasteiger partial charge in [-0.05, 0) is 43.8 Å². The Labute approximate surface area is 132 Å². The van der Waals surface area contributed by atoms with E-state index in [1.807, 2.05) is 13.8 Å². The predicted molar refractivity (Wildman–Crippen MR) is 81.0 cm³/mol. The highest BCUT2D eigenvalue weighted by molar-refractivity contribution is 9.12. The van der Waals surface area contributed by atoms with E-state index in [1.165, 1.54) is 17.4 Å². The van der Waals surface area contributed by atoms with Crippen LogP contribution in [0.3, 0.4) is 0 Å². The van der Waals surface area contributed by atoms with Gasteiger partial charge in [0.05, 0.1) is 7.57 Å². The van der Waals surface area contributed by atoms with Gasteiger partial charge in [-0.2, -0.15) is 4.31 Å². The molecule has 0 aromatic carbocycles. The van der Waals surface area contributed by atoms with Gasteiger partial charge in [0.15, 0.2) is 0 Å². The normalized spacial score (nSPS) is 12.3. The molecular weight excluding hydrogens is 422 g/mol. The summed E-state index contributed by atoms with van der Waals surface area (Å²) in [6.45, 7) is 3.29. The third-order valence-corrected chi connectivity index (χ3v) is 6.69. The van der Waals surface area contributed by atoms with Crippen LogP contribution in [0.4, 0.5) is 0 Å². The zero-order chi connectivity index (χ0) is 14.8. The Morgan fingerprint density at radius 3 is 2.42 bits per heavy atom. The number of carboxylic acid groups (broad SMARTS) is 1. The van der Waals surface area contributed by atoms with Crippen molar-refractivity contribution in [1.29, 1.82) is 0 Å². The van der Waals surface area contributed by atoms with Crippen molar-refractivity contribution in [2.75, 3.05) is 13.1 Å². The number of carboxylic acids is 1. The van der Waals surface area contributed by atoms with Crippen LogP contribution in [0, 0.1) is 5.92 Å². The fraction of sp³-hybridized carbons (Fsp3) is 0.500. The highest BCUT2D eigenvalue weighted by Gasteiger charge is 2.30. The molecule has 0 amide bonds. The highest BCUT2D eigenvalue weighted by atomic mass is 79.9. The van der Waals surface area contributed by atoms with Crippen LogP contribution in [0.25, 0.3) is 0 Å². The minimum Gasteiger partial charge on any atom is -0.480 e. The molecule has 1 aromatic rings. The van der Waals surface area contributed by atoms with Gasteiger partial charge < -0.3 is 5.11 Å². The second-order valence-electron chi connectivity index (χ2n) is 4.27. The molecule has 9 heteroatoms. The molecule has 19 heavy (non-hydrogen) atoms. The van der Waals surface area contributed by atoms with Crippen LogP contribution in [0.15, 0.2) is 18.5 Å². The maximum absolute atomic E-state index is 12.5. The van der Waals surface area contributed by atoms with Crippen LogP contribution in [-0.4, -0.2) is 36.9 Å². The quantitative estimate of drug-likeness (QED) is 0.746. The Balaban J connectivity index is 3.18. The molecule has 0 spiro atoms. The lowest BCUT2D eigenvalue weighted by Crippen LogP contribution is -2.38. The summed E-state index contributed by atoms with van der Waals surface area (Å²) in [7, 11) is -3.81. The summed E-state index contributed by atoms with van der Waals surface area (Å²) in [5.74, 6) is -1.13. The molecule has 1 rings (SSSR count). The molecule has 0 atom stereocenters. The molecule has 108 valence electrons. The first kappa shape index (κ1) is 17.1. The molecule has 0 saturated heterocycles. The number of hydrogen-bond acceptors (Lipinski definition) is 4. The van der Waals surface area contributed by atoms with E-state index in [2.05, 4.69) is 31.9 Å². The van der Waals surface area contributed by atoms with Crippen molar-refractivity contribution in [3.05, 3.63) is 13.6 Å². The minimum atomic E-state index is -3.81. The van der Waals surface area contributed by atoms with E-state index in [0.717, 1.165) is 4.31 Å². The van der Waals surface area contributed by atoms with Crippen molar-refractivity contribution >= 4 is 59.2 Å². The average molecular weight is 435 g/mol. The Morgan fingerprint density at radius 1 is 1.47 bits per heavy atom. The molecule has 0 unspecified atom stereocenters. The number of thiophene rings is 1. The smallest absolute Gasteiger partial charge is 0.318 e. The number of sulfonamides is 1. The number of rotatable bonds is 6. The number of nitrogens with zero attached hydrogens (tertiary/aromatic N) is 1. The van der Waals surface area contributed by atoms with Gasteiger partial charge in [-0.25, -0.2) is 8.42 Å². The van der Waals surface area contributed by atoms with Crippen molar-refractivity contribution < 1.29 is 18.3 Å². The van der Waals surface area contributed by atoms with Crippen LogP contribution in [-0.2, 0) is 14.8 Å². The molecule has 0 bridgehead atoms. The Bertz CT molecular complexity index is 568. The summed E-state index contributed by atoms with van der Waals surface area (Å²) >= 11 is 7.64. The molecule has 1 N–H and O–H groups in total. The molecule has 0 fully saturated rings. The van der Waals surface area contributed by atoms with Crippen LogP contribution in [0.2, 0.25) is 0 Å². The van der Waals surface area contributed by atoms with Crippen LogP contribution < -0.4 is 0 Å². The number of halogens is 2. The summed E-state index contributed by atoms with van der Waals surface area (Å²) in [6.07, 6.45) is 0. The van der Waals surface area contributed by atoms with Crippen LogP contribution in [0.1, 0.15) is 13.8 Å². The fourth-order valence-electron chi connectivity index (χ4n) is 1.45. The fourth-order valence-corrected chi connectivity index (χ4v) is 6.76. The monoisotopic (exact) mass is 433 g/mol. The number of carbonyl (C=O) groups is 1. The minimum absolute atomic E-state index is 0.0370. The molecule has 1 aromatic heterocycles. The third kappa shape index (κ3) is 4.52. The van der Waals surface area contributed by atoms with Gasteiger partial charge in [-0.1, -0.05) is 13.8 Å². The van der Waals surface area contributed by atoms with E-state index in [-0.39, 0.29) is 17.4 Å². The Morgan fingerprint density at radius 2 is 2.05 bits per heavy atom. The topological polar surface area (TPSA) is 74.7 Å². The van der Waals surface area contributed by atoms with Gasteiger partial charge in [0.25, 0.3) is 0 Å². The van der Waals surface area contributed by atoms with E-state index in [4.69, 9.17) is 5.11 Å². The van der Waals surface area contributed by atoms with Crippen molar-refractivity contribution in [1.82, 2.24) is 4.31 Å². The first-order chi connectivity index (χ1) is 8.64. The second kappa shape index (κ2) is 6.66. The first-order valence-electron chi connectivity index (χ1n) is 5.31. The predicted octanol–water partition coefficient (Wildman–Crippen LogP) is 3.00. The summed E-state index contributed by atoms with van der Waals surface area (Å²) < 4.78 is 27.0. The lowest BCUT2D eigenvalue weighted by atomic mass is 10.2. The Hall–Kier alpha value is 0.0400. The average Bonchev–Trinajstić information content (AvgIpc) is 2.56. The SMILES string of the molecule is CC(C)CN(CC(=O)O)S(=O)(=O)c1cc(Br)sc1Br. The second-order valence-corrected chi connectivity index (χ2v) is 9.93. The van der Waals surface area contributed by atoms with Crippen molar-refractivity contribution in [3.8, 4) is 0 Å². The van der Waals surface area contributed by atoms with Gasteiger partial charge in [-0.15, -0.1) is 11.3 Å². The zero-order valence-corrected chi connectivity index (χ0v) is 15.1. The molecule has 0 saturated carbocycles. The van der Waals surface area contributed by atoms with Gasteiger partial charge in [-0.3, -0.25) is 4.79 Å². The van der Waals surface area contributed by atoms with Gasteiger partial charge in [0.1, 0.15) is 11.4 Å². The van der Waals surface area contributed by atoms with E-state index < -0.39 is 22.5 Å². The van der Waals surface area contributed by atoms with E-state index in [9.17, 15) is 13.2 Å². The molecule has 0 aliphatic rings. The van der Waals surface area contributed by atoms with Crippen LogP contribution in [0.5, 0.6) is 0 Å². The lowest BCUT2D eigenvalue weighted by molar-refractivity contribution is -0.137. The van der Waals surface area contributed by atoms with Crippen molar-refractivity contribution in [2.45, 2.75) is 18.7 Å². The van der Waals surface area contributed by atoms with Gasteiger partial charge in [0.2, 0.25) is 10.0 Å². The summed E-state index contributed by atoms with van der Waals surface area (Å²) in [6, 6.07) is 1.47. The van der Waals surface area contributed by atoms with E-state index in [1.54, 1.807) is 0 Å². The number of aliphatic carboxylic acids is 1. The third-order valence-electron chi connectivity index (χ3n) is 2.12. The lowest BCUT2D eigenvalue weighted by Gasteiger charge is -2.21. The van der Waals surface area contributed by atoms with E-state index in [0.29, 0.717) is 7.57 Å². The molecule has 0 aliphatic heterocycles. The first-order valence-corrected chi connectivity index (χ1v) is 9.15. The van der Waals surface area contributed by atoms with Crippen molar-refractivity contribution in [2.24, 2.45) is 5.92 Å². The number of hydrogen-bond donors (Lipinski definition) is 1.